The molecular weight excluding hydrogens is 622 g/mol. The molecule has 2 bridgehead atoms. The molecule has 48 heavy (non-hydrogen) atoms. The number of aliphatic hydroxyl groups is 1. The van der Waals surface area contributed by atoms with Crippen molar-refractivity contribution in [2.45, 2.75) is 140 Å². The Morgan fingerprint density at radius 3 is 2.60 bits per heavy atom. The molecular formula is C35H58F2N6O5. The van der Waals surface area contributed by atoms with Gasteiger partial charge in [-0.1, -0.05) is 20.4 Å². The van der Waals surface area contributed by atoms with E-state index in [4.69, 9.17) is 9.47 Å². The molecule has 4 N–H and O–H groups in total. The molecule has 5 saturated heterocycles. The fourth-order valence-corrected chi connectivity index (χ4v) is 10.0. The molecule has 5 aliphatic heterocycles. The average molecular weight is 681 g/mol. The summed E-state index contributed by atoms with van der Waals surface area (Å²) in [5.41, 5.74) is 0. The van der Waals surface area contributed by atoms with Crippen LogP contribution in [-0.4, -0.2) is 138 Å². The number of urea groups is 1. The third-order valence-corrected chi connectivity index (χ3v) is 12.3. The first-order chi connectivity index (χ1) is 23.0. The number of piperazine rings is 1. The molecule has 5 heterocycles. The number of halogens is 2. The molecule has 0 aromatic heterocycles. The molecule has 0 aromatic carbocycles. The normalized spacial score (nSPS) is 45.7. The van der Waals surface area contributed by atoms with Crippen LogP contribution in [0.1, 0.15) is 66.7 Å². The maximum atomic E-state index is 16.8. The summed E-state index contributed by atoms with van der Waals surface area (Å²) in [4.78, 5) is 33.1. The SMILES string of the molecule is C=CC(=O)N1C[C@H](C)N(C2NC(=O)N3C4NC(C(F)CC42)C2C(F)CCCC2OCC(OCC)C(O)C2CCNC(C(C)C)C23)C[C@H]1C. The lowest BCUT2D eigenvalue weighted by Gasteiger charge is -2.61. The topological polar surface area (TPSA) is 119 Å². The van der Waals surface area contributed by atoms with Crippen molar-refractivity contribution in [3.63, 3.8) is 0 Å². The van der Waals surface area contributed by atoms with Crippen molar-refractivity contribution < 1.29 is 33.0 Å². The molecule has 1 aliphatic carbocycles. The number of rotatable bonds is 5. The van der Waals surface area contributed by atoms with Gasteiger partial charge in [0.2, 0.25) is 5.91 Å². The van der Waals surface area contributed by atoms with E-state index in [-0.39, 0.29) is 60.8 Å². The number of carbonyl (C=O) groups excluding carboxylic acids is 2. The second-order valence-corrected chi connectivity index (χ2v) is 15.5. The highest BCUT2D eigenvalue weighted by molar-refractivity contribution is 5.87. The Hall–Kier alpha value is -1.90. The Morgan fingerprint density at radius 2 is 1.90 bits per heavy atom. The van der Waals surface area contributed by atoms with Crippen molar-refractivity contribution in [1.29, 1.82) is 0 Å². The van der Waals surface area contributed by atoms with Gasteiger partial charge in [-0.15, -0.1) is 0 Å². The Bertz CT molecular complexity index is 1170. The van der Waals surface area contributed by atoms with Crippen molar-refractivity contribution >= 4 is 11.9 Å². The highest BCUT2D eigenvalue weighted by Gasteiger charge is 2.59. The Balaban J connectivity index is 1.43. The van der Waals surface area contributed by atoms with Crippen molar-refractivity contribution in [2.75, 3.05) is 32.8 Å². The largest absolute Gasteiger partial charge is 0.390 e. The van der Waals surface area contributed by atoms with E-state index in [1.54, 1.807) is 4.90 Å². The summed E-state index contributed by atoms with van der Waals surface area (Å²) in [6.45, 7) is 15.8. The number of ether oxygens (including phenoxy) is 2. The van der Waals surface area contributed by atoms with Crippen molar-refractivity contribution in [3.05, 3.63) is 12.7 Å². The van der Waals surface area contributed by atoms with E-state index >= 15 is 8.78 Å². The van der Waals surface area contributed by atoms with Gasteiger partial charge in [0.05, 0.1) is 37.2 Å². The number of fused-ring (bicyclic) bond motifs is 5. The summed E-state index contributed by atoms with van der Waals surface area (Å²) < 4.78 is 45.3. The van der Waals surface area contributed by atoms with Crippen LogP contribution in [0.15, 0.2) is 12.7 Å². The van der Waals surface area contributed by atoms with Gasteiger partial charge in [-0.3, -0.25) is 15.0 Å². The number of hydrogen-bond acceptors (Lipinski definition) is 8. The third-order valence-electron chi connectivity index (χ3n) is 12.3. The minimum atomic E-state index is -1.37. The molecule has 0 aromatic rings. The molecule has 3 amide bonds. The smallest absolute Gasteiger partial charge is 0.320 e. The van der Waals surface area contributed by atoms with Crippen LogP contribution in [0.3, 0.4) is 0 Å². The molecule has 13 unspecified atom stereocenters. The van der Waals surface area contributed by atoms with Crippen LogP contribution in [-0.2, 0) is 14.3 Å². The number of piperidine rings is 2. The van der Waals surface area contributed by atoms with E-state index in [0.29, 0.717) is 51.9 Å². The zero-order chi connectivity index (χ0) is 34.4. The number of carbonyl (C=O) groups is 2. The van der Waals surface area contributed by atoms with E-state index in [9.17, 15) is 14.7 Å². The number of aliphatic hydroxyl groups excluding tert-OH is 1. The van der Waals surface area contributed by atoms with Gasteiger partial charge in [0.1, 0.15) is 18.4 Å². The lowest BCUT2D eigenvalue weighted by atomic mass is 9.71. The predicted molar refractivity (Wildman–Crippen MR) is 177 cm³/mol. The van der Waals surface area contributed by atoms with Gasteiger partial charge in [-0.2, -0.15) is 0 Å². The monoisotopic (exact) mass is 680 g/mol. The van der Waals surface area contributed by atoms with E-state index in [0.717, 1.165) is 0 Å². The average Bonchev–Trinajstić information content (AvgIpc) is 3.06. The van der Waals surface area contributed by atoms with E-state index in [1.807, 2.05) is 25.7 Å². The zero-order valence-electron chi connectivity index (χ0n) is 29.3. The molecule has 11 nitrogen and oxygen atoms in total. The maximum absolute atomic E-state index is 16.8. The summed E-state index contributed by atoms with van der Waals surface area (Å²) in [5.74, 6) is -1.49. The molecule has 0 spiro atoms. The van der Waals surface area contributed by atoms with Gasteiger partial charge in [0.25, 0.3) is 0 Å². The minimum absolute atomic E-state index is 0.0757. The van der Waals surface area contributed by atoms with Gasteiger partial charge >= 0.3 is 6.03 Å². The van der Waals surface area contributed by atoms with Gasteiger partial charge < -0.3 is 35.0 Å². The van der Waals surface area contributed by atoms with E-state index < -0.39 is 61.0 Å². The summed E-state index contributed by atoms with van der Waals surface area (Å²) >= 11 is 0. The molecule has 272 valence electrons. The number of hydrogen-bond donors (Lipinski definition) is 4. The van der Waals surface area contributed by atoms with Crippen LogP contribution in [0, 0.1) is 23.7 Å². The van der Waals surface area contributed by atoms with Crippen LogP contribution in [0.5, 0.6) is 0 Å². The third kappa shape index (κ3) is 6.52. The van der Waals surface area contributed by atoms with Gasteiger partial charge in [-0.05, 0) is 71.4 Å². The van der Waals surface area contributed by atoms with Crippen LogP contribution < -0.4 is 16.0 Å². The van der Waals surface area contributed by atoms with Crippen LogP contribution >= 0.6 is 0 Å². The fraction of sp³-hybridized carbons (Fsp3) is 0.886. The number of nitrogens with zero attached hydrogens (tertiary/aromatic N) is 3. The van der Waals surface area contributed by atoms with Crippen LogP contribution in [0.25, 0.3) is 0 Å². The lowest BCUT2D eigenvalue weighted by molar-refractivity contribution is -0.166. The molecule has 1 saturated carbocycles. The highest BCUT2D eigenvalue weighted by atomic mass is 19.1. The highest BCUT2D eigenvalue weighted by Crippen LogP contribution is 2.44. The molecule has 0 radical (unpaired) electrons. The van der Waals surface area contributed by atoms with Gasteiger partial charge in [0, 0.05) is 61.6 Å². The Morgan fingerprint density at radius 1 is 1.12 bits per heavy atom. The summed E-state index contributed by atoms with van der Waals surface area (Å²) in [7, 11) is 0. The Kier molecular flexibility index (Phi) is 11.0. The molecule has 6 fully saturated rings. The molecule has 13 heteroatoms. The molecule has 6 rings (SSSR count). The zero-order valence-corrected chi connectivity index (χ0v) is 29.3. The van der Waals surface area contributed by atoms with Crippen molar-refractivity contribution in [2.24, 2.45) is 23.7 Å². The van der Waals surface area contributed by atoms with Gasteiger partial charge in [-0.25, -0.2) is 13.6 Å². The molecule has 15 atom stereocenters. The number of nitrogens with one attached hydrogen (secondary N) is 3. The maximum Gasteiger partial charge on any atom is 0.320 e. The second kappa shape index (κ2) is 14.8. The number of alkyl halides is 2. The second-order valence-electron chi connectivity index (χ2n) is 15.5. The predicted octanol–water partition coefficient (Wildman–Crippen LogP) is 2.39. The summed E-state index contributed by atoms with van der Waals surface area (Å²) in [5, 5.41) is 22.6. The standard InChI is InChI=1S/C35H58F2N6O5/c1-7-27(44)41-15-20(6)42(16-19(41)5)33-22-14-24(37)30-28-23(36)10-9-11-25(28)48-17-26(47-8-2)32(45)21-12-13-38-29(18(3)4)31(21)43(34(22)39-30)35(46)40-33/h7,18-26,28-34,38-39,45H,1,8-17H2,2-6H3,(H,40,46)/t19-,20+,21?,22?,23?,24?,25?,26?,28?,29?,30?,31?,32?,33?,34?/m1/s1. The first-order valence-corrected chi connectivity index (χ1v) is 18.4. The summed E-state index contributed by atoms with van der Waals surface area (Å²) in [6.07, 6.45) is -2.26. The first kappa shape index (κ1) is 35.9. The van der Waals surface area contributed by atoms with Crippen LogP contribution in [0.2, 0.25) is 0 Å². The van der Waals surface area contributed by atoms with Crippen molar-refractivity contribution in [3.8, 4) is 0 Å². The first-order valence-electron chi connectivity index (χ1n) is 18.4. The Labute approximate surface area is 284 Å². The summed E-state index contributed by atoms with van der Waals surface area (Å²) in [6, 6.07) is -1.99. The minimum Gasteiger partial charge on any atom is -0.390 e. The lowest BCUT2D eigenvalue weighted by Crippen LogP contribution is -2.81. The van der Waals surface area contributed by atoms with E-state index in [2.05, 4.69) is 41.3 Å². The quantitative estimate of drug-likeness (QED) is 0.327. The van der Waals surface area contributed by atoms with Gasteiger partial charge in [0.15, 0.2) is 0 Å². The number of amides is 3. The van der Waals surface area contributed by atoms with Crippen LogP contribution in [0.4, 0.5) is 13.6 Å². The molecule has 6 aliphatic rings. The van der Waals surface area contributed by atoms with Crippen molar-refractivity contribution in [1.82, 2.24) is 30.7 Å². The van der Waals surface area contributed by atoms with E-state index in [1.165, 1.54) is 6.08 Å². The fourth-order valence-electron chi connectivity index (χ4n) is 10.0.